The first-order valence-corrected chi connectivity index (χ1v) is 5.75. The van der Waals surface area contributed by atoms with Crippen LogP contribution < -0.4 is 4.90 Å². The predicted molar refractivity (Wildman–Crippen MR) is 68.1 cm³/mol. The van der Waals surface area contributed by atoms with E-state index in [1.165, 1.54) is 4.90 Å². The first-order valence-electron chi connectivity index (χ1n) is 5.75. The van der Waals surface area contributed by atoms with E-state index in [-0.39, 0.29) is 18.7 Å². The van der Waals surface area contributed by atoms with Crippen LogP contribution in [0.2, 0.25) is 0 Å². The molecule has 0 heterocycles. The summed E-state index contributed by atoms with van der Waals surface area (Å²) < 4.78 is 13.5. The summed E-state index contributed by atoms with van der Waals surface area (Å²) in [5, 5.41) is 28.4. The zero-order valence-corrected chi connectivity index (χ0v) is 10.7. The van der Waals surface area contributed by atoms with Gasteiger partial charge in [0.1, 0.15) is 11.5 Å². The van der Waals surface area contributed by atoms with Crippen molar-refractivity contribution in [3.8, 4) is 6.07 Å². The lowest BCUT2D eigenvalue weighted by Gasteiger charge is -2.22. The number of nitrogens with zero attached hydrogens (tertiary/aromatic N) is 3. The van der Waals surface area contributed by atoms with Gasteiger partial charge in [0.2, 0.25) is 0 Å². The van der Waals surface area contributed by atoms with E-state index in [0.717, 1.165) is 6.07 Å². The summed E-state index contributed by atoms with van der Waals surface area (Å²) in [5.41, 5.74) is -1.17. The summed E-state index contributed by atoms with van der Waals surface area (Å²) in [4.78, 5) is 22.5. The maximum absolute atomic E-state index is 13.5. The number of nitro groups is 1. The van der Waals surface area contributed by atoms with E-state index in [1.807, 2.05) is 6.07 Å². The number of carbonyl (C=O) groups is 1. The maximum Gasteiger partial charge on any atom is 0.338 e. The molecule has 0 spiro atoms. The molecule has 0 unspecified atom stereocenters. The number of aromatic carboxylic acids is 1. The molecule has 20 heavy (non-hydrogen) atoms. The van der Waals surface area contributed by atoms with Crippen LogP contribution in [-0.4, -0.2) is 29.1 Å². The number of hydrogen-bond donors (Lipinski definition) is 1. The Hall–Kier alpha value is -2.69. The number of benzene rings is 1. The quantitative estimate of drug-likeness (QED) is 0.632. The van der Waals surface area contributed by atoms with E-state index < -0.39 is 28.0 Å². The number of halogens is 1. The van der Waals surface area contributed by atoms with E-state index in [9.17, 15) is 19.3 Å². The number of rotatable bonds is 6. The molecule has 0 aliphatic carbocycles. The van der Waals surface area contributed by atoms with Crippen LogP contribution in [0, 0.1) is 27.3 Å². The smallest absolute Gasteiger partial charge is 0.338 e. The Labute approximate surface area is 114 Å². The highest BCUT2D eigenvalue weighted by Crippen LogP contribution is 2.31. The van der Waals surface area contributed by atoms with Crippen LogP contribution in [0.3, 0.4) is 0 Å². The minimum absolute atomic E-state index is 0.00782. The molecule has 0 aromatic heterocycles. The molecule has 0 bridgehead atoms. The fourth-order valence-corrected chi connectivity index (χ4v) is 1.75. The molecule has 0 aliphatic heterocycles. The van der Waals surface area contributed by atoms with Crippen molar-refractivity contribution in [1.82, 2.24) is 0 Å². The Morgan fingerprint density at radius 2 is 2.25 bits per heavy atom. The third-order valence-electron chi connectivity index (χ3n) is 2.71. The first kappa shape index (κ1) is 15.4. The molecule has 0 saturated carbocycles. The molecule has 8 heteroatoms. The van der Waals surface area contributed by atoms with Crippen molar-refractivity contribution in [3.63, 3.8) is 0 Å². The minimum atomic E-state index is -1.50. The van der Waals surface area contributed by atoms with E-state index in [2.05, 4.69) is 0 Å². The Balaban J connectivity index is 3.40. The van der Waals surface area contributed by atoms with Gasteiger partial charge in [-0.25, -0.2) is 9.18 Å². The molecular weight excluding hydrogens is 269 g/mol. The molecule has 1 aromatic carbocycles. The zero-order chi connectivity index (χ0) is 15.3. The topological polar surface area (TPSA) is 107 Å². The number of carboxylic acid groups (broad SMARTS) is 1. The predicted octanol–water partition coefficient (Wildman–Crippen LogP) is 2.17. The molecule has 0 amide bonds. The van der Waals surface area contributed by atoms with E-state index in [4.69, 9.17) is 10.4 Å². The van der Waals surface area contributed by atoms with Gasteiger partial charge in [0.25, 0.3) is 5.69 Å². The highest BCUT2D eigenvalue weighted by Gasteiger charge is 2.24. The fourth-order valence-electron chi connectivity index (χ4n) is 1.75. The van der Waals surface area contributed by atoms with Crippen LogP contribution in [0.5, 0.6) is 0 Å². The molecule has 0 radical (unpaired) electrons. The molecule has 1 rings (SSSR count). The summed E-state index contributed by atoms with van der Waals surface area (Å²) in [5.74, 6) is -2.67. The minimum Gasteiger partial charge on any atom is -0.478 e. The Kier molecular flexibility index (Phi) is 4.97. The van der Waals surface area contributed by atoms with Crippen LogP contribution in [0.15, 0.2) is 12.1 Å². The molecule has 106 valence electrons. The van der Waals surface area contributed by atoms with Crippen LogP contribution >= 0.6 is 0 Å². The summed E-state index contributed by atoms with van der Waals surface area (Å²) in [6.07, 6.45) is 0.116. The van der Waals surface area contributed by atoms with E-state index in [1.54, 1.807) is 6.92 Å². The number of hydrogen-bond acceptors (Lipinski definition) is 5. The second kappa shape index (κ2) is 6.47. The third kappa shape index (κ3) is 3.20. The molecule has 0 atom stereocenters. The SMILES string of the molecule is CCN(CCC#N)c1cc(C(=O)O)c(F)cc1[N+](=O)[O-]. The van der Waals surface area contributed by atoms with Crippen molar-refractivity contribution in [2.45, 2.75) is 13.3 Å². The Morgan fingerprint density at radius 3 is 2.70 bits per heavy atom. The lowest BCUT2D eigenvalue weighted by molar-refractivity contribution is -0.384. The second-order valence-corrected chi connectivity index (χ2v) is 3.87. The van der Waals surface area contributed by atoms with Crippen molar-refractivity contribution in [3.05, 3.63) is 33.6 Å². The second-order valence-electron chi connectivity index (χ2n) is 3.87. The number of carboxylic acids is 1. The van der Waals surface area contributed by atoms with Gasteiger partial charge in [0, 0.05) is 13.1 Å². The molecule has 1 N–H and O–H groups in total. The number of nitriles is 1. The van der Waals surface area contributed by atoms with Crippen molar-refractivity contribution < 1.29 is 19.2 Å². The zero-order valence-electron chi connectivity index (χ0n) is 10.7. The largest absolute Gasteiger partial charge is 0.478 e. The number of nitro benzene ring substituents is 1. The van der Waals surface area contributed by atoms with Gasteiger partial charge in [-0.2, -0.15) is 5.26 Å². The average Bonchev–Trinajstić information content (AvgIpc) is 2.39. The average molecular weight is 281 g/mol. The van der Waals surface area contributed by atoms with Gasteiger partial charge in [-0.15, -0.1) is 0 Å². The summed E-state index contributed by atoms with van der Waals surface area (Å²) in [6, 6.07) is 3.42. The van der Waals surface area contributed by atoms with Crippen molar-refractivity contribution in [2.24, 2.45) is 0 Å². The summed E-state index contributed by atoms with van der Waals surface area (Å²) in [6.45, 7) is 2.22. The highest BCUT2D eigenvalue weighted by atomic mass is 19.1. The van der Waals surface area contributed by atoms with Crippen molar-refractivity contribution in [1.29, 1.82) is 5.26 Å². The van der Waals surface area contributed by atoms with Gasteiger partial charge in [-0.3, -0.25) is 10.1 Å². The summed E-state index contributed by atoms with van der Waals surface area (Å²) >= 11 is 0. The standard InChI is InChI=1S/C12H12FN3O4/c1-2-15(5-3-4-14)10-6-8(12(17)18)9(13)7-11(10)16(19)20/h6-7H,2-3,5H2,1H3,(H,17,18). The van der Waals surface area contributed by atoms with Gasteiger partial charge in [-0.1, -0.05) is 0 Å². The fraction of sp³-hybridized carbons (Fsp3) is 0.333. The Morgan fingerprint density at radius 1 is 1.60 bits per heavy atom. The van der Waals surface area contributed by atoms with Gasteiger partial charge in [-0.05, 0) is 13.0 Å². The lowest BCUT2D eigenvalue weighted by Crippen LogP contribution is -2.25. The monoisotopic (exact) mass is 281 g/mol. The maximum atomic E-state index is 13.5. The van der Waals surface area contributed by atoms with Gasteiger partial charge in [0.15, 0.2) is 0 Å². The molecule has 0 fully saturated rings. The van der Waals surface area contributed by atoms with E-state index >= 15 is 0 Å². The Bertz CT molecular complexity index is 583. The molecule has 0 saturated heterocycles. The molecule has 0 aliphatic rings. The van der Waals surface area contributed by atoms with Gasteiger partial charge >= 0.3 is 5.97 Å². The van der Waals surface area contributed by atoms with Crippen molar-refractivity contribution in [2.75, 3.05) is 18.0 Å². The molecule has 7 nitrogen and oxygen atoms in total. The van der Waals surface area contributed by atoms with Crippen LogP contribution in [-0.2, 0) is 0 Å². The number of anilines is 1. The molecular formula is C12H12FN3O4. The third-order valence-corrected chi connectivity index (χ3v) is 2.71. The van der Waals surface area contributed by atoms with Crippen molar-refractivity contribution >= 4 is 17.3 Å². The van der Waals surface area contributed by atoms with E-state index in [0.29, 0.717) is 12.6 Å². The van der Waals surface area contributed by atoms with Crippen LogP contribution in [0.25, 0.3) is 0 Å². The summed E-state index contributed by atoms with van der Waals surface area (Å²) in [7, 11) is 0. The molecule has 1 aromatic rings. The first-order chi connectivity index (χ1) is 9.42. The highest BCUT2D eigenvalue weighted by molar-refractivity contribution is 5.90. The lowest BCUT2D eigenvalue weighted by atomic mass is 10.1. The normalized spacial score (nSPS) is 9.85. The van der Waals surface area contributed by atoms with Gasteiger partial charge in [0.05, 0.1) is 29.0 Å². The van der Waals surface area contributed by atoms with Crippen LogP contribution in [0.1, 0.15) is 23.7 Å². The van der Waals surface area contributed by atoms with Crippen LogP contribution in [0.4, 0.5) is 15.8 Å². The van der Waals surface area contributed by atoms with Gasteiger partial charge < -0.3 is 10.0 Å².